The Morgan fingerprint density at radius 2 is 2.00 bits per heavy atom. The second kappa shape index (κ2) is 4.59. The van der Waals surface area contributed by atoms with Gasteiger partial charge in [0, 0.05) is 5.56 Å². The number of aryl methyl sites for hydroxylation is 1. The van der Waals surface area contributed by atoms with Crippen molar-refractivity contribution in [2.45, 2.75) is 19.4 Å². The third-order valence-corrected chi connectivity index (χ3v) is 4.06. The monoisotopic (exact) mass is 275 g/mol. The van der Waals surface area contributed by atoms with E-state index in [1.807, 2.05) is 19.1 Å². The van der Waals surface area contributed by atoms with E-state index in [2.05, 4.69) is 0 Å². The van der Waals surface area contributed by atoms with Crippen LogP contribution in [0.2, 0.25) is 0 Å². The lowest BCUT2D eigenvalue weighted by Crippen LogP contribution is -2.36. The van der Waals surface area contributed by atoms with E-state index in [1.165, 1.54) is 12.0 Å². The van der Waals surface area contributed by atoms with Gasteiger partial charge in [0.1, 0.15) is 11.9 Å². The third-order valence-electron chi connectivity index (χ3n) is 4.06. The molecule has 0 bridgehead atoms. The SMILES string of the molecule is COc1ccc(C)cc1C(O)CN1C(=O)C2CC2C1=O. The molecular formula is C15H17NO4. The van der Waals surface area contributed by atoms with E-state index in [-0.39, 0.29) is 30.2 Å². The smallest absolute Gasteiger partial charge is 0.233 e. The number of imide groups is 1. The van der Waals surface area contributed by atoms with Gasteiger partial charge < -0.3 is 9.84 Å². The van der Waals surface area contributed by atoms with E-state index in [4.69, 9.17) is 4.74 Å². The van der Waals surface area contributed by atoms with Crippen LogP contribution in [0, 0.1) is 18.8 Å². The summed E-state index contributed by atoms with van der Waals surface area (Å²) < 4.78 is 5.22. The van der Waals surface area contributed by atoms with Gasteiger partial charge in [-0.15, -0.1) is 0 Å². The molecule has 1 aliphatic carbocycles. The van der Waals surface area contributed by atoms with Crippen molar-refractivity contribution in [3.8, 4) is 5.75 Å². The summed E-state index contributed by atoms with van der Waals surface area (Å²) in [5, 5.41) is 10.3. The number of carbonyl (C=O) groups is 2. The van der Waals surface area contributed by atoms with Crippen LogP contribution >= 0.6 is 0 Å². The molecule has 0 spiro atoms. The highest BCUT2D eigenvalue weighted by Crippen LogP contribution is 2.47. The van der Waals surface area contributed by atoms with Gasteiger partial charge in [-0.2, -0.15) is 0 Å². The van der Waals surface area contributed by atoms with Crippen LogP contribution in [-0.2, 0) is 9.59 Å². The van der Waals surface area contributed by atoms with Crippen molar-refractivity contribution >= 4 is 11.8 Å². The molecule has 2 fully saturated rings. The number of benzene rings is 1. The number of ether oxygens (including phenoxy) is 1. The third kappa shape index (κ3) is 1.98. The number of piperidine rings is 1. The molecule has 5 nitrogen and oxygen atoms in total. The summed E-state index contributed by atoms with van der Waals surface area (Å²) in [5.74, 6) is 0.00639. The zero-order chi connectivity index (χ0) is 14.4. The first-order valence-corrected chi connectivity index (χ1v) is 6.70. The van der Waals surface area contributed by atoms with Crippen molar-refractivity contribution in [3.05, 3.63) is 29.3 Å². The van der Waals surface area contributed by atoms with Crippen molar-refractivity contribution in [2.75, 3.05) is 13.7 Å². The molecule has 1 aliphatic heterocycles. The first-order chi connectivity index (χ1) is 9.52. The molecule has 0 aromatic heterocycles. The van der Waals surface area contributed by atoms with E-state index >= 15 is 0 Å². The molecule has 2 amide bonds. The Bertz CT molecular complexity index is 563. The number of nitrogens with zero attached hydrogens (tertiary/aromatic N) is 1. The first-order valence-electron chi connectivity index (χ1n) is 6.70. The maximum Gasteiger partial charge on any atom is 0.233 e. The first kappa shape index (κ1) is 13.1. The molecule has 3 atom stereocenters. The Hall–Kier alpha value is -1.88. The maximum absolute atomic E-state index is 11.9. The van der Waals surface area contributed by atoms with E-state index in [9.17, 15) is 14.7 Å². The van der Waals surface area contributed by atoms with Crippen LogP contribution in [0.5, 0.6) is 5.75 Å². The summed E-state index contributed by atoms with van der Waals surface area (Å²) in [6.07, 6.45) is -0.242. The Balaban J connectivity index is 1.80. The van der Waals surface area contributed by atoms with Crippen molar-refractivity contribution < 1.29 is 19.4 Å². The minimum absolute atomic E-state index is 0.00444. The lowest BCUT2D eigenvalue weighted by Gasteiger charge is -2.22. The average molecular weight is 275 g/mol. The van der Waals surface area contributed by atoms with Crippen molar-refractivity contribution in [1.29, 1.82) is 0 Å². The Morgan fingerprint density at radius 1 is 1.35 bits per heavy atom. The Kier molecular flexibility index (Phi) is 3.01. The van der Waals surface area contributed by atoms with Crippen LogP contribution < -0.4 is 4.74 Å². The molecule has 1 aromatic carbocycles. The van der Waals surface area contributed by atoms with E-state index in [0.717, 1.165) is 5.56 Å². The molecule has 3 unspecified atom stereocenters. The Labute approximate surface area is 117 Å². The summed E-state index contributed by atoms with van der Waals surface area (Å²) in [7, 11) is 1.53. The number of β-amino-alcohol motifs (C(OH)–C–C–N with tert-alkyl or cyclic N) is 1. The number of carbonyl (C=O) groups excluding carboxylic acids is 2. The Morgan fingerprint density at radius 3 is 2.60 bits per heavy atom. The normalized spacial score (nSPS) is 25.6. The second-order valence-corrected chi connectivity index (χ2v) is 5.50. The highest BCUT2D eigenvalue weighted by molar-refractivity contribution is 6.08. The largest absolute Gasteiger partial charge is 0.496 e. The van der Waals surface area contributed by atoms with E-state index in [1.54, 1.807) is 6.07 Å². The molecule has 1 aromatic rings. The molecule has 1 heterocycles. The molecule has 1 N–H and O–H groups in total. The van der Waals surface area contributed by atoms with Crippen molar-refractivity contribution in [3.63, 3.8) is 0 Å². The molecule has 3 rings (SSSR count). The van der Waals surface area contributed by atoms with Gasteiger partial charge in [0.05, 0.1) is 25.5 Å². The van der Waals surface area contributed by atoms with Crippen LogP contribution in [-0.4, -0.2) is 35.5 Å². The van der Waals surface area contributed by atoms with Gasteiger partial charge in [0.25, 0.3) is 0 Å². The zero-order valence-corrected chi connectivity index (χ0v) is 11.5. The minimum Gasteiger partial charge on any atom is -0.496 e. The topological polar surface area (TPSA) is 66.8 Å². The van der Waals surface area contributed by atoms with Gasteiger partial charge in [-0.05, 0) is 25.5 Å². The average Bonchev–Trinajstić information content (AvgIpc) is 3.19. The second-order valence-electron chi connectivity index (χ2n) is 5.50. The molecule has 2 aliphatic rings. The molecule has 106 valence electrons. The van der Waals surface area contributed by atoms with Crippen LogP contribution in [0.4, 0.5) is 0 Å². The van der Waals surface area contributed by atoms with Gasteiger partial charge in [-0.3, -0.25) is 14.5 Å². The van der Waals surface area contributed by atoms with Crippen molar-refractivity contribution in [2.24, 2.45) is 11.8 Å². The molecule has 1 saturated heterocycles. The summed E-state index contributed by atoms with van der Waals surface area (Å²) in [5.41, 5.74) is 1.59. The summed E-state index contributed by atoms with van der Waals surface area (Å²) in [6, 6.07) is 5.48. The zero-order valence-electron chi connectivity index (χ0n) is 11.5. The summed E-state index contributed by atoms with van der Waals surface area (Å²) >= 11 is 0. The van der Waals surface area contributed by atoms with Gasteiger partial charge >= 0.3 is 0 Å². The van der Waals surface area contributed by atoms with Crippen LogP contribution in [0.15, 0.2) is 18.2 Å². The predicted molar refractivity (Wildman–Crippen MR) is 71.0 cm³/mol. The summed E-state index contributed by atoms with van der Waals surface area (Å²) in [4.78, 5) is 25.0. The fourth-order valence-corrected chi connectivity index (χ4v) is 2.82. The molecule has 0 radical (unpaired) electrons. The highest BCUT2D eigenvalue weighted by atomic mass is 16.5. The van der Waals surface area contributed by atoms with E-state index in [0.29, 0.717) is 17.7 Å². The number of likely N-dealkylation sites (tertiary alicyclic amines) is 1. The fraction of sp³-hybridized carbons (Fsp3) is 0.467. The quantitative estimate of drug-likeness (QED) is 0.834. The van der Waals surface area contributed by atoms with Gasteiger partial charge in [-0.25, -0.2) is 0 Å². The number of methoxy groups -OCH3 is 1. The molecule has 1 saturated carbocycles. The number of rotatable bonds is 4. The lowest BCUT2D eigenvalue weighted by molar-refractivity contribution is -0.143. The van der Waals surface area contributed by atoms with Gasteiger partial charge in [0.2, 0.25) is 11.8 Å². The summed E-state index contributed by atoms with van der Waals surface area (Å²) in [6.45, 7) is 1.92. The van der Waals surface area contributed by atoms with E-state index < -0.39 is 6.10 Å². The predicted octanol–water partition coefficient (Wildman–Crippen LogP) is 1.04. The number of amides is 2. The number of aliphatic hydroxyl groups is 1. The molecule has 5 heteroatoms. The standard InChI is InChI=1S/C15H17NO4/c1-8-3-4-13(20-2)11(5-8)12(17)7-16-14(18)9-6-10(9)15(16)19/h3-5,9-10,12,17H,6-7H2,1-2H3. The maximum atomic E-state index is 11.9. The lowest BCUT2D eigenvalue weighted by atomic mass is 10.0. The number of aliphatic hydroxyl groups excluding tert-OH is 1. The van der Waals surface area contributed by atoms with Crippen LogP contribution in [0.1, 0.15) is 23.7 Å². The number of fused-ring (bicyclic) bond motifs is 1. The fourth-order valence-electron chi connectivity index (χ4n) is 2.82. The molecular weight excluding hydrogens is 258 g/mol. The van der Waals surface area contributed by atoms with Gasteiger partial charge in [-0.1, -0.05) is 11.6 Å². The van der Waals surface area contributed by atoms with Crippen molar-refractivity contribution in [1.82, 2.24) is 4.90 Å². The molecule has 20 heavy (non-hydrogen) atoms. The van der Waals surface area contributed by atoms with Crippen LogP contribution in [0.25, 0.3) is 0 Å². The van der Waals surface area contributed by atoms with Crippen LogP contribution in [0.3, 0.4) is 0 Å². The van der Waals surface area contributed by atoms with Gasteiger partial charge in [0.15, 0.2) is 0 Å². The number of hydrogen-bond acceptors (Lipinski definition) is 4. The number of hydrogen-bond donors (Lipinski definition) is 1. The highest BCUT2D eigenvalue weighted by Gasteiger charge is 2.58. The minimum atomic E-state index is -0.921.